The van der Waals surface area contributed by atoms with Gasteiger partial charge in [0, 0.05) is 4.90 Å². The van der Waals surface area contributed by atoms with Gasteiger partial charge >= 0.3 is 29.6 Å². The van der Waals surface area contributed by atoms with Gasteiger partial charge in [-0.2, -0.15) is 8.42 Å². The van der Waals surface area contributed by atoms with Crippen LogP contribution in [0.3, 0.4) is 0 Å². The van der Waals surface area contributed by atoms with E-state index in [1.165, 1.54) is 11.8 Å². The third-order valence-corrected chi connectivity index (χ3v) is 3.83. The van der Waals surface area contributed by atoms with Gasteiger partial charge in [-0.1, -0.05) is 19.1 Å². The average molecular weight is 256 g/mol. The molecule has 0 atom stereocenters. The van der Waals surface area contributed by atoms with E-state index in [4.69, 9.17) is 4.55 Å². The van der Waals surface area contributed by atoms with Gasteiger partial charge in [0.15, 0.2) is 0 Å². The zero-order valence-corrected chi connectivity index (χ0v) is 9.65. The predicted molar refractivity (Wildman–Crippen MR) is 64.6 cm³/mol. The summed E-state index contributed by atoms with van der Waals surface area (Å²) in [4.78, 5) is 0.641. The molecule has 0 unspecified atom stereocenters. The molecule has 0 heterocycles. The summed E-state index contributed by atoms with van der Waals surface area (Å²) in [6.45, 7) is 1.86. The maximum atomic E-state index is 11.1. The van der Waals surface area contributed by atoms with E-state index in [1.807, 2.05) is 6.92 Å². The molecule has 0 aliphatic rings. The van der Waals surface area contributed by atoms with Crippen LogP contribution in [0.2, 0.25) is 0 Å². The van der Waals surface area contributed by atoms with Crippen molar-refractivity contribution in [2.45, 2.75) is 23.1 Å². The first-order valence-electron chi connectivity index (χ1n) is 4.14. The molecule has 1 aromatic rings. The molecule has 0 aromatic heterocycles. The van der Waals surface area contributed by atoms with Crippen LogP contribution in [0.15, 0.2) is 28.0 Å². The molecule has 0 radical (unpaired) electrons. The zero-order chi connectivity index (χ0) is 10.8. The molecule has 0 spiro atoms. The summed E-state index contributed by atoms with van der Waals surface area (Å²) in [6.07, 6.45) is 2.37. The molecule has 1 rings (SSSR count). The molecule has 15 heavy (non-hydrogen) atoms. The van der Waals surface area contributed by atoms with Crippen molar-refractivity contribution >= 4 is 51.4 Å². The molecule has 0 aliphatic carbocycles. The summed E-state index contributed by atoms with van der Waals surface area (Å²) in [7, 11) is -4.11. The fraction of sp³-hybridized carbons (Fsp3) is 0.333. The first-order chi connectivity index (χ1) is 6.50. The van der Waals surface area contributed by atoms with Gasteiger partial charge in [0.1, 0.15) is 4.90 Å². The molecule has 3 nitrogen and oxygen atoms in total. The Labute approximate surface area is 117 Å². The summed E-state index contributed by atoms with van der Waals surface area (Å²) in [5, 5.41) is 0. The van der Waals surface area contributed by atoms with Gasteiger partial charge in [0.05, 0.1) is 0 Å². The van der Waals surface area contributed by atoms with Crippen molar-refractivity contribution in [1.82, 2.24) is 0 Å². The molecule has 0 saturated heterocycles. The maximum absolute atomic E-state index is 11.1. The average Bonchev–Trinajstić information content (AvgIpc) is 2.15. The third-order valence-electron chi connectivity index (χ3n) is 1.92. The molecular weight excluding hydrogens is 243 g/mol. The van der Waals surface area contributed by atoms with Gasteiger partial charge in [0.25, 0.3) is 10.1 Å². The van der Waals surface area contributed by atoms with E-state index in [-0.39, 0.29) is 34.5 Å². The standard InChI is InChI=1S/C9H12O3S2.Na.H/c1-3-7-5-4-6-8(13-2)9(7)14(10,11)12;;/h4-6H,3H2,1-2H3,(H,10,11,12);;. The summed E-state index contributed by atoms with van der Waals surface area (Å²) < 4.78 is 31.3. The monoisotopic (exact) mass is 256 g/mol. The van der Waals surface area contributed by atoms with Crippen molar-refractivity contribution in [1.29, 1.82) is 0 Å². The third kappa shape index (κ3) is 3.76. The van der Waals surface area contributed by atoms with Crippen molar-refractivity contribution in [3.8, 4) is 0 Å². The van der Waals surface area contributed by atoms with Crippen molar-refractivity contribution < 1.29 is 13.0 Å². The molecule has 0 aliphatic heterocycles. The quantitative estimate of drug-likeness (QED) is 0.506. The molecule has 1 N–H and O–H groups in total. The number of thioether (sulfide) groups is 1. The summed E-state index contributed by atoms with van der Waals surface area (Å²) in [5.74, 6) is 0. The van der Waals surface area contributed by atoms with Gasteiger partial charge in [-0.05, 0) is 24.3 Å². The van der Waals surface area contributed by atoms with Gasteiger partial charge < -0.3 is 0 Å². The van der Waals surface area contributed by atoms with Crippen LogP contribution in [-0.4, -0.2) is 48.8 Å². The van der Waals surface area contributed by atoms with Crippen molar-refractivity contribution in [2.24, 2.45) is 0 Å². The Morgan fingerprint density at radius 3 is 2.40 bits per heavy atom. The predicted octanol–water partition coefficient (Wildman–Crippen LogP) is 1.57. The SMILES string of the molecule is CCc1cccc(SC)c1S(=O)(=O)O.[NaH]. The Hall–Kier alpha value is 0.480. The van der Waals surface area contributed by atoms with E-state index in [9.17, 15) is 8.42 Å². The van der Waals surface area contributed by atoms with E-state index in [0.717, 1.165) is 0 Å². The second kappa shape index (κ2) is 6.27. The number of benzene rings is 1. The van der Waals surface area contributed by atoms with Crippen LogP contribution >= 0.6 is 11.8 Å². The van der Waals surface area contributed by atoms with Crippen LogP contribution in [0, 0.1) is 0 Å². The number of rotatable bonds is 3. The Morgan fingerprint density at radius 2 is 2.00 bits per heavy atom. The van der Waals surface area contributed by atoms with Crippen LogP contribution in [0.25, 0.3) is 0 Å². The first kappa shape index (κ1) is 15.5. The molecule has 0 fully saturated rings. The summed E-state index contributed by atoms with van der Waals surface area (Å²) in [5.41, 5.74) is 0.652. The summed E-state index contributed by atoms with van der Waals surface area (Å²) >= 11 is 1.31. The molecular formula is C9H13NaO3S2. The van der Waals surface area contributed by atoms with Crippen LogP contribution in [-0.2, 0) is 16.5 Å². The Kier molecular flexibility index (Phi) is 6.47. The molecule has 80 valence electrons. The minimum atomic E-state index is -4.11. The van der Waals surface area contributed by atoms with Gasteiger partial charge in [-0.3, -0.25) is 4.55 Å². The second-order valence-electron chi connectivity index (χ2n) is 2.78. The van der Waals surface area contributed by atoms with E-state index < -0.39 is 10.1 Å². The van der Waals surface area contributed by atoms with E-state index in [2.05, 4.69) is 0 Å². The second-order valence-corrected chi connectivity index (χ2v) is 4.98. The number of hydrogen-bond donors (Lipinski definition) is 1. The normalized spacial score (nSPS) is 10.9. The van der Waals surface area contributed by atoms with Gasteiger partial charge in [0.2, 0.25) is 0 Å². The Balaban J connectivity index is 0.00000196. The molecule has 0 bridgehead atoms. The number of aryl methyl sites for hydroxylation is 1. The molecule has 0 amide bonds. The molecule has 1 aromatic carbocycles. The Bertz CT molecular complexity index is 407. The number of hydrogen-bond acceptors (Lipinski definition) is 3. The zero-order valence-electron chi connectivity index (χ0n) is 8.02. The van der Waals surface area contributed by atoms with Crippen LogP contribution < -0.4 is 0 Å². The molecule has 0 saturated carbocycles. The van der Waals surface area contributed by atoms with E-state index >= 15 is 0 Å². The topological polar surface area (TPSA) is 54.4 Å². The van der Waals surface area contributed by atoms with Crippen molar-refractivity contribution in [3.05, 3.63) is 23.8 Å². The molecule has 6 heteroatoms. The van der Waals surface area contributed by atoms with Gasteiger partial charge in [-0.25, -0.2) is 0 Å². The van der Waals surface area contributed by atoms with Gasteiger partial charge in [-0.15, -0.1) is 11.8 Å². The van der Waals surface area contributed by atoms with Crippen LogP contribution in [0.1, 0.15) is 12.5 Å². The van der Waals surface area contributed by atoms with E-state index in [0.29, 0.717) is 16.9 Å². The fourth-order valence-corrected chi connectivity index (χ4v) is 3.26. The minimum absolute atomic E-state index is 0. The van der Waals surface area contributed by atoms with Crippen molar-refractivity contribution in [3.63, 3.8) is 0 Å². The van der Waals surface area contributed by atoms with Crippen LogP contribution in [0.4, 0.5) is 0 Å². The first-order valence-corrected chi connectivity index (χ1v) is 6.80. The summed E-state index contributed by atoms with van der Waals surface area (Å²) in [6, 6.07) is 5.19. The van der Waals surface area contributed by atoms with Crippen LogP contribution in [0.5, 0.6) is 0 Å². The Morgan fingerprint density at radius 1 is 1.40 bits per heavy atom. The van der Waals surface area contributed by atoms with E-state index in [1.54, 1.807) is 24.5 Å². The van der Waals surface area contributed by atoms with Crippen molar-refractivity contribution in [2.75, 3.05) is 6.26 Å². The fourth-order valence-electron chi connectivity index (χ4n) is 1.29.